The van der Waals surface area contributed by atoms with Crippen LogP contribution in [0.2, 0.25) is 0 Å². The highest BCUT2D eigenvalue weighted by Gasteiger charge is 2.22. The van der Waals surface area contributed by atoms with Gasteiger partial charge in [-0.05, 0) is 19.8 Å². The van der Waals surface area contributed by atoms with Crippen molar-refractivity contribution in [1.82, 2.24) is 9.97 Å². The van der Waals surface area contributed by atoms with E-state index in [4.69, 9.17) is 4.74 Å². The van der Waals surface area contributed by atoms with Crippen molar-refractivity contribution in [2.24, 2.45) is 0 Å². The number of ether oxygens (including phenoxy) is 1. The molecular formula is C12H22N2O. The van der Waals surface area contributed by atoms with Crippen molar-refractivity contribution in [3.8, 4) is 0 Å². The average molecular weight is 210 g/mol. The topological polar surface area (TPSA) is 37.9 Å². The number of aromatic amines is 1. The number of hydrogen-bond donors (Lipinski definition) is 1. The highest BCUT2D eigenvalue weighted by Crippen LogP contribution is 2.23. The second-order valence-electron chi connectivity index (χ2n) is 4.26. The molecule has 0 saturated heterocycles. The van der Waals surface area contributed by atoms with E-state index in [-0.39, 0.29) is 5.60 Å². The van der Waals surface area contributed by atoms with Crippen LogP contribution >= 0.6 is 0 Å². The molecule has 0 bridgehead atoms. The predicted octanol–water partition coefficient (Wildman–Crippen LogP) is 3.29. The Morgan fingerprint density at radius 1 is 1.47 bits per heavy atom. The van der Waals surface area contributed by atoms with E-state index >= 15 is 0 Å². The molecule has 0 radical (unpaired) electrons. The lowest BCUT2D eigenvalue weighted by Gasteiger charge is -2.28. The Labute approximate surface area is 92.3 Å². The minimum atomic E-state index is 0.00889. The summed E-state index contributed by atoms with van der Waals surface area (Å²) in [4.78, 5) is 7.09. The third kappa shape index (κ3) is 4.04. The highest BCUT2D eigenvalue weighted by molar-refractivity contribution is 4.92. The van der Waals surface area contributed by atoms with Crippen LogP contribution in [0.5, 0.6) is 0 Å². The first-order valence-corrected chi connectivity index (χ1v) is 5.82. The number of rotatable bonds is 7. The van der Waals surface area contributed by atoms with E-state index in [0.29, 0.717) is 6.61 Å². The third-order valence-corrected chi connectivity index (χ3v) is 2.93. The Bertz CT molecular complexity index is 259. The molecule has 3 heteroatoms. The minimum Gasteiger partial charge on any atom is -0.369 e. The fourth-order valence-corrected chi connectivity index (χ4v) is 1.52. The summed E-state index contributed by atoms with van der Waals surface area (Å²) in [5, 5.41) is 0. The second-order valence-corrected chi connectivity index (χ2v) is 4.26. The van der Waals surface area contributed by atoms with E-state index in [1.165, 1.54) is 12.8 Å². The molecule has 0 aliphatic carbocycles. The van der Waals surface area contributed by atoms with Crippen molar-refractivity contribution in [1.29, 1.82) is 0 Å². The maximum atomic E-state index is 5.94. The molecule has 3 nitrogen and oxygen atoms in total. The molecule has 1 aromatic heterocycles. The number of nitrogens with zero attached hydrogens (tertiary/aromatic N) is 1. The normalized spacial score (nSPS) is 15.1. The van der Waals surface area contributed by atoms with Crippen LogP contribution in [0.15, 0.2) is 12.5 Å². The Hall–Kier alpha value is -0.830. The van der Waals surface area contributed by atoms with Gasteiger partial charge in [0.15, 0.2) is 0 Å². The third-order valence-electron chi connectivity index (χ3n) is 2.93. The Morgan fingerprint density at radius 2 is 2.27 bits per heavy atom. The number of H-pyrrole nitrogens is 1. The number of imidazole rings is 1. The number of nitrogens with one attached hydrogen (secondary N) is 1. The highest BCUT2D eigenvalue weighted by atomic mass is 16.5. The average Bonchev–Trinajstić information content (AvgIpc) is 2.76. The van der Waals surface area contributed by atoms with Gasteiger partial charge in [-0.25, -0.2) is 4.98 Å². The van der Waals surface area contributed by atoms with Gasteiger partial charge in [-0.3, -0.25) is 0 Å². The fourth-order valence-electron chi connectivity index (χ4n) is 1.52. The van der Waals surface area contributed by atoms with E-state index in [9.17, 15) is 0 Å². The van der Waals surface area contributed by atoms with Gasteiger partial charge in [0, 0.05) is 6.20 Å². The van der Waals surface area contributed by atoms with Crippen molar-refractivity contribution in [3.63, 3.8) is 0 Å². The summed E-state index contributed by atoms with van der Waals surface area (Å²) in [5.74, 6) is 0. The van der Waals surface area contributed by atoms with Crippen LogP contribution in [0.25, 0.3) is 0 Å². The van der Waals surface area contributed by atoms with Gasteiger partial charge in [0.25, 0.3) is 0 Å². The van der Waals surface area contributed by atoms with Crippen LogP contribution in [0, 0.1) is 0 Å². The molecule has 0 amide bonds. The lowest BCUT2D eigenvalue weighted by Crippen LogP contribution is -2.27. The molecule has 15 heavy (non-hydrogen) atoms. The first-order valence-electron chi connectivity index (χ1n) is 5.82. The summed E-state index contributed by atoms with van der Waals surface area (Å²) in [5.41, 5.74) is 0.987. The van der Waals surface area contributed by atoms with E-state index in [2.05, 4.69) is 30.7 Å². The molecule has 0 fully saturated rings. The number of aromatic nitrogens is 2. The van der Waals surface area contributed by atoms with Gasteiger partial charge in [-0.2, -0.15) is 0 Å². The van der Waals surface area contributed by atoms with Gasteiger partial charge in [0.1, 0.15) is 0 Å². The van der Waals surface area contributed by atoms with Crippen LogP contribution in [0.3, 0.4) is 0 Å². The summed E-state index contributed by atoms with van der Waals surface area (Å²) in [6.45, 7) is 7.19. The Morgan fingerprint density at radius 3 is 2.80 bits per heavy atom. The lowest BCUT2D eigenvalue weighted by molar-refractivity contribution is -0.0538. The van der Waals surface area contributed by atoms with Crippen molar-refractivity contribution >= 4 is 0 Å². The van der Waals surface area contributed by atoms with E-state index in [1.807, 2.05) is 6.20 Å². The van der Waals surface area contributed by atoms with Crippen LogP contribution < -0.4 is 0 Å². The molecule has 1 heterocycles. The van der Waals surface area contributed by atoms with E-state index in [0.717, 1.165) is 18.5 Å². The minimum absolute atomic E-state index is 0.00889. The number of hydrogen-bond acceptors (Lipinski definition) is 2. The molecule has 0 saturated carbocycles. The van der Waals surface area contributed by atoms with Gasteiger partial charge in [-0.15, -0.1) is 0 Å². The zero-order valence-electron chi connectivity index (χ0n) is 10.0. The Kier molecular flexibility index (Phi) is 4.82. The van der Waals surface area contributed by atoms with Gasteiger partial charge < -0.3 is 9.72 Å². The monoisotopic (exact) mass is 210 g/mol. The van der Waals surface area contributed by atoms with Crippen molar-refractivity contribution in [2.75, 3.05) is 0 Å². The van der Waals surface area contributed by atoms with Gasteiger partial charge >= 0.3 is 0 Å². The second kappa shape index (κ2) is 5.91. The van der Waals surface area contributed by atoms with E-state index < -0.39 is 0 Å². The van der Waals surface area contributed by atoms with Crippen molar-refractivity contribution < 1.29 is 4.74 Å². The Balaban J connectivity index is 2.38. The quantitative estimate of drug-likeness (QED) is 0.750. The summed E-state index contributed by atoms with van der Waals surface area (Å²) in [6.07, 6.45) is 8.21. The summed E-state index contributed by atoms with van der Waals surface area (Å²) in [7, 11) is 0. The SMILES string of the molecule is CCCCC(C)(CC)OCc1c[nH]cn1. The molecule has 0 aromatic carbocycles. The molecule has 1 N–H and O–H groups in total. The molecule has 1 atom stereocenters. The van der Waals surface area contributed by atoms with Crippen molar-refractivity contribution in [3.05, 3.63) is 18.2 Å². The van der Waals surface area contributed by atoms with Crippen LogP contribution in [0.4, 0.5) is 0 Å². The number of unbranched alkanes of at least 4 members (excludes halogenated alkanes) is 1. The smallest absolute Gasteiger partial charge is 0.0924 e. The molecule has 0 spiro atoms. The first-order chi connectivity index (χ1) is 7.20. The maximum Gasteiger partial charge on any atom is 0.0924 e. The predicted molar refractivity (Wildman–Crippen MR) is 61.6 cm³/mol. The summed E-state index contributed by atoms with van der Waals surface area (Å²) >= 11 is 0. The fraction of sp³-hybridized carbons (Fsp3) is 0.750. The molecule has 1 unspecified atom stereocenters. The van der Waals surface area contributed by atoms with Gasteiger partial charge in [-0.1, -0.05) is 26.7 Å². The standard InChI is InChI=1S/C12H22N2O/c1-4-6-7-12(3,5-2)15-9-11-8-13-10-14-11/h8,10H,4-7,9H2,1-3H3,(H,13,14). The summed E-state index contributed by atoms with van der Waals surface area (Å²) in [6, 6.07) is 0. The first kappa shape index (κ1) is 12.2. The largest absolute Gasteiger partial charge is 0.369 e. The van der Waals surface area contributed by atoms with Crippen LogP contribution in [0.1, 0.15) is 52.1 Å². The molecule has 0 aliphatic rings. The van der Waals surface area contributed by atoms with E-state index in [1.54, 1.807) is 6.33 Å². The molecule has 0 aliphatic heterocycles. The zero-order valence-corrected chi connectivity index (χ0v) is 10.0. The molecule has 1 aromatic rings. The van der Waals surface area contributed by atoms with Gasteiger partial charge in [0.2, 0.25) is 0 Å². The van der Waals surface area contributed by atoms with Crippen LogP contribution in [-0.4, -0.2) is 15.6 Å². The lowest BCUT2D eigenvalue weighted by atomic mass is 9.96. The molecular weight excluding hydrogens is 188 g/mol. The maximum absolute atomic E-state index is 5.94. The zero-order chi connectivity index (χ0) is 11.1. The van der Waals surface area contributed by atoms with Crippen molar-refractivity contribution in [2.45, 2.75) is 58.7 Å². The van der Waals surface area contributed by atoms with Crippen LogP contribution in [-0.2, 0) is 11.3 Å². The van der Waals surface area contributed by atoms with Gasteiger partial charge in [0.05, 0.1) is 24.2 Å². The molecule has 86 valence electrons. The summed E-state index contributed by atoms with van der Waals surface area (Å²) < 4.78 is 5.94. The molecule has 1 rings (SSSR count).